The molecule has 2 N–H and O–H groups in total. The number of rotatable bonds is 10. The molecule has 0 saturated heterocycles. The van der Waals surface area contributed by atoms with Crippen LogP contribution in [0.1, 0.15) is 32.1 Å². The van der Waals surface area contributed by atoms with Crippen LogP contribution in [-0.2, 0) is 9.53 Å². The fraction of sp³-hybridized carbons (Fsp3) is 0.909. The van der Waals surface area contributed by atoms with Gasteiger partial charge in [0.2, 0.25) is 5.91 Å². The Morgan fingerprint density at radius 1 is 1.31 bits per heavy atom. The van der Waals surface area contributed by atoms with E-state index in [1.165, 1.54) is 5.06 Å². The molecule has 5 heteroatoms. The SMILES string of the molecule is COCCCNC(=O)CCCCCN(C)O. The van der Waals surface area contributed by atoms with E-state index >= 15 is 0 Å². The van der Waals surface area contributed by atoms with E-state index in [4.69, 9.17) is 9.94 Å². The molecule has 0 aliphatic rings. The third-order valence-corrected chi connectivity index (χ3v) is 2.23. The first-order valence-electron chi connectivity index (χ1n) is 5.82. The van der Waals surface area contributed by atoms with Crippen molar-refractivity contribution < 1.29 is 14.7 Å². The fourth-order valence-electron chi connectivity index (χ4n) is 1.34. The van der Waals surface area contributed by atoms with Crippen molar-refractivity contribution in [3.8, 4) is 0 Å². The van der Waals surface area contributed by atoms with E-state index in [2.05, 4.69) is 5.32 Å². The lowest BCUT2D eigenvalue weighted by Gasteiger charge is -2.07. The number of carbonyl (C=O) groups is 1. The Morgan fingerprint density at radius 2 is 2.06 bits per heavy atom. The van der Waals surface area contributed by atoms with Crippen molar-refractivity contribution in [1.82, 2.24) is 10.4 Å². The maximum atomic E-state index is 11.3. The summed E-state index contributed by atoms with van der Waals surface area (Å²) in [5.41, 5.74) is 0. The molecule has 16 heavy (non-hydrogen) atoms. The van der Waals surface area contributed by atoms with Crippen LogP contribution in [0.2, 0.25) is 0 Å². The zero-order chi connectivity index (χ0) is 12.2. The predicted octanol–water partition coefficient (Wildman–Crippen LogP) is 1.02. The first kappa shape index (κ1) is 15.3. The minimum atomic E-state index is 0.105. The van der Waals surface area contributed by atoms with E-state index in [1.807, 2.05) is 0 Å². The second kappa shape index (κ2) is 10.9. The van der Waals surface area contributed by atoms with Crippen LogP contribution >= 0.6 is 0 Å². The molecular weight excluding hydrogens is 208 g/mol. The highest BCUT2D eigenvalue weighted by atomic mass is 16.5. The number of unbranched alkanes of at least 4 members (excludes halogenated alkanes) is 2. The van der Waals surface area contributed by atoms with Gasteiger partial charge in [-0.25, -0.2) is 0 Å². The summed E-state index contributed by atoms with van der Waals surface area (Å²) >= 11 is 0. The van der Waals surface area contributed by atoms with E-state index in [0.717, 1.165) is 25.7 Å². The van der Waals surface area contributed by atoms with Crippen LogP contribution < -0.4 is 5.32 Å². The smallest absolute Gasteiger partial charge is 0.219 e. The maximum absolute atomic E-state index is 11.3. The molecule has 0 aliphatic carbocycles. The standard InChI is InChI=1S/C11H24N2O3/c1-13(15)9-5-3-4-7-11(14)12-8-6-10-16-2/h15H,3-10H2,1-2H3,(H,12,14). The summed E-state index contributed by atoms with van der Waals surface area (Å²) in [5, 5.41) is 12.9. The lowest BCUT2D eigenvalue weighted by atomic mass is 10.2. The molecule has 0 unspecified atom stereocenters. The first-order chi connectivity index (χ1) is 7.66. The number of ether oxygens (including phenoxy) is 1. The molecule has 1 amide bonds. The van der Waals surface area contributed by atoms with Gasteiger partial charge >= 0.3 is 0 Å². The van der Waals surface area contributed by atoms with Crippen molar-refractivity contribution in [2.75, 3.05) is 33.9 Å². The van der Waals surface area contributed by atoms with Gasteiger partial charge in [-0.2, -0.15) is 5.06 Å². The van der Waals surface area contributed by atoms with Crippen molar-refractivity contribution >= 4 is 5.91 Å². The summed E-state index contributed by atoms with van der Waals surface area (Å²) in [7, 11) is 3.28. The molecule has 0 rings (SSSR count). The Kier molecular flexibility index (Phi) is 10.4. The van der Waals surface area contributed by atoms with E-state index < -0.39 is 0 Å². The van der Waals surface area contributed by atoms with Crippen molar-refractivity contribution in [2.24, 2.45) is 0 Å². The maximum Gasteiger partial charge on any atom is 0.219 e. The fourth-order valence-corrected chi connectivity index (χ4v) is 1.34. The van der Waals surface area contributed by atoms with Crippen LogP contribution in [0, 0.1) is 0 Å². The Bertz CT molecular complexity index is 175. The van der Waals surface area contributed by atoms with Gasteiger partial charge in [-0.1, -0.05) is 6.42 Å². The van der Waals surface area contributed by atoms with E-state index in [9.17, 15) is 4.79 Å². The van der Waals surface area contributed by atoms with Crippen molar-refractivity contribution in [1.29, 1.82) is 0 Å². The molecule has 0 heterocycles. The third-order valence-electron chi connectivity index (χ3n) is 2.23. The molecule has 5 nitrogen and oxygen atoms in total. The summed E-state index contributed by atoms with van der Waals surface area (Å²) in [4.78, 5) is 11.3. The molecule has 96 valence electrons. The minimum absolute atomic E-state index is 0.105. The highest BCUT2D eigenvalue weighted by molar-refractivity contribution is 5.75. The topological polar surface area (TPSA) is 61.8 Å². The van der Waals surface area contributed by atoms with Gasteiger partial charge in [0.05, 0.1) is 0 Å². The van der Waals surface area contributed by atoms with Crippen LogP contribution in [0.4, 0.5) is 0 Å². The highest BCUT2D eigenvalue weighted by Gasteiger charge is 2.00. The van der Waals surface area contributed by atoms with E-state index in [0.29, 0.717) is 26.1 Å². The van der Waals surface area contributed by atoms with Gasteiger partial charge < -0.3 is 15.3 Å². The zero-order valence-electron chi connectivity index (χ0n) is 10.4. The molecular formula is C11H24N2O3. The molecule has 0 aliphatic heterocycles. The molecule has 0 atom stereocenters. The van der Waals surface area contributed by atoms with Crippen molar-refractivity contribution in [3.05, 3.63) is 0 Å². The number of nitrogens with one attached hydrogen (secondary N) is 1. The summed E-state index contributed by atoms with van der Waals surface area (Å²) in [6.45, 7) is 2.03. The summed E-state index contributed by atoms with van der Waals surface area (Å²) in [6.07, 6.45) is 4.20. The molecule has 0 radical (unpaired) electrons. The number of carbonyl (C=O) groups excluding carboxylic acids is 1. The Balaban J connectivity index is 3.17. The van der Waals surface area contributed by atoms with Gasteiger partial charge in [-0.15, -0.1) is 0 Å². The lowest BCUT2D eigenvalue weighted by Crippen LogP contribution is -2.24. The van der Waals surface area contributed by atoms with Crippen LogP contribution in [0.3, 0.4) is 0 Å². The lowest BCUT2D eigenvalue weighted by molar-refractivity contribution is -0.121. The van der Waals surface area contributed by atoms with Crippen molar-refractivity contribution in [2.45, 2.75) is 32.1 Å². The van der Waals surface area contributed by atoms with Crippen LogP contribution in [0.15, 0.2) is 0 Å². The van der Waals surface area contributed by atoms with Gasteiger partial charge in [0, 0.05) is 40.3 Å². The second-order valence-electron chi connectivity index (χ2n) is 3.89. The van der Waals surface area contributed by atoms with Crippen LogP contribution in [-0.4, -0.2) is 50.0 Å². The van der Waals surface area contributed by atoms with Crippen LogP contribution in [0.5, 0.6) is 0 Å². The number of methoxy groups -OCH3 is 1. The quantitative estimate of drug-likeness (QED) is 0.436. The largest absolute Gasteiger partial charge is 0.385 e. The molecule has 0 bridgehead atoms. The molecule has 0 aromatic carbocycles. The Hall–Kier alpha value is -0.650. The minimum Gasteiger partial charge on any atom is -0.385 e. The summed E-state index contributed by atoms with van der Waals surface area (Å²) in [6, 6.07) is 0. The number of hydrogen-bond acceptors (Lipinski definition) is 4. The summed E-state index contributed by atoms with van der Waals surface area (Å²) < 4.78 is 4.88. The normalized spacial score (nSPS) is 10.8. The number of nitrogens with zero attached hydrogens (tertiary/aromatic N) is 1. The van der Waals surface area contributed by atoms with Gasteiger partial charge in [-0.05, 0) is 19.3 Å². The van der Waals surface area contributed by atoms with Gasteiger partial charge in [0.25, 0.3) is 0 Å². The van der Waals surface area contributed by atoms with E-state index in [1.54, 1.807) is 14.2 Å². The number of hydrogen-bond donors (Lipinski definition) is 2. The molecule has 0 saturated carbocycles. The van der Waals surface area contributed by atoms with Crippen LogP contribution in [0.25, 0.3) is 0 Å². The number of amides is 1. The second-order valence-corrected chi connectivity index (χ2v) is 3.89. The highest BCUT2D eigenvalue weighted by Crippen LogP contribution is 2.00. The van der Waals surface area contributed by atoms with Gasteiger partial charge in [-0.3, -0.25) is 4.79 Å². The average Bonchev–Trinajstić information content (AvgIpc) is 2.23. The molecule has 0 fully saturated rings. The average molecular weight is 232 g/mol. The Morgan fingerprint density at radius 3 is 2.69 bits per heavy atom. The third kappa shape index (κ3) is 11.4. The zero-order valence-corrected chi connectivity index (χ0v) is 10.4. The van der Waals surface area contributed by atoms with Gasteiger partial charge in [0.15, 0.2) is 0 Å². The molecule has 0 aromatic heterocycles. The monoisotopic (exact) mass is 232 g/mol. The molecule has 0 spiro atoms. The molecule has 0 aromatic rings. The summed E-state index contributed by atoms with van der Waals surface area (Å²) in [5.74, 6) is 0.105. The van der Waals surface area contributed by atoms with Gasteiger partial charge in [0.1, 0.15) is 0 Å². The predicted molar refractivity (Wildman–Crippen MR) is 62.4 cm³/mol. The number of hydroxylamine groups is 2. The first-order valence-corrected chi connectivity index (χ1v) is 5.82. The Labute approximate surface area is 97.7 Å². The van der Waals surface area contributed by atoms with E-state index in [-0.39, 0.29) is 5.91 Å². The van der Waals surface area contributed by atoms with Crippen molar-refractivity contribution in [3.63, 3.8) is 0 Å².